The maximum absolute atomic E-state index is 14.7. The molecule has 1 amide bonds. The molecule has 3 aromatic rings. The summed E-state index contributed by atoms with van der Waals surface area (Å²) in [6.45, 7) is 1.83. The van der Waals surface area contributed by atoms with E-state index in [1.807, 2.05) is 12.1 Å². The fourth-order valence-corrected chi connectivity index (χ4v) is 4.46. The fraction of sp³-hybridized carbons (Fsp3) is 0.296. The number of amides is 1. The fourth-order valence-electron chi connectivity index (χ4n) is 4.27. The largest absolute Gasteiger partial charge is 0.492 e. The minimum atomic E-state index is -0.500. The summed E-state index contributed by atoms with van der Waals surface area (Å²) in [6.07, 6.45) is 1.89. The van der Waals surface area contributed by atoms with Crippen LogP contribution in [0.15, 0.2) is 66.7 Å². The number of para-hydroxylation sites is 1. The number of rotatable bonds is 8. The summed E-state index contributed by atoms with van der Waals surface area (Å²) in [7, 11) is 0. The van der Waals surface area contributed by atoms with Gasteiger partial charge in [0.15, 0.2) is 0 Å². The van der Waals surface area contributed by atoms with Crippen molar-refractivity contribution in [2.24, 2.45) is 5.92 Å². The quantitative estimate of drug-likeness (QED) is 0.418. The Balaban J connectivity index is 1.62. The summed E-state index contributed by atoms with van der Waals surface area (Å²) in [6, 6.07) is 17.2. The Hall–Kier alpha value is -2.96. The van der Waals surface area contributed by atoms with Crippen molar-refractivity contribution < 1.29 is 18.3 Å². The molecule has 2 N–H and O–H groups in total. The Morgan fingerprint density at radius 2 is 1.76 bits per heavy atom. The third-order valence-electron chi connectivity index (χ3n) is 6.08. The van der Waals surface area contributed by atoms with E-state index in [1.165, 1.54) is 18.2 Å². The highest BCUT2D eigenvalue weighted by Gasteiger charge is 2.26. The van der Waals surface area contributed by atoms with Gasteiger partial charge in [0.2, 0.25) is 5.91 Å². The van der Waals surface area contributed by atoms with Crippen LogP contribution in [-0.2, 0) is 4.79 Å². The minimum absolute atomic E-state index is 0.0620. The van der Waals surface area contributed by atoms with E-state index in [1.54, 1.807) is 36.4 Å². The van der Waals surface area contributed by atoms with Crippen molar-refractivity contribution in [3.63, 3.8) is 0 Å². The Kier molecular flexibility index (Phi) is 8.14. The summed E-state index contributed by atoms with van der Waals surface area (Å²) in [4.78, 5) is 13.1. The lowest BCUT2D eigenvalue weighted by Crippen LogP contribution is -2.40. The summed E-state index contributed by atoms with van der Waals surface area (Å²) in [5, 5.41) is 6.88. The maximum atomic E-state index is 14.7. The van der Waals surface area contributed by atoms with Gasteiger partial charge in [-0.3, -0.25) is 4.79 Å². The van der Waals surface area contributed by atoms with E-state index in [2.05, 4.69) is 10.6 Å². The van der Waals surface area contributed by atoms with E-state index in [-0.39, 0.29) is 24.0 Å². The van der Waals surface area contributed by atoms with E-state index >= 15 is 0 Å². The number of hydrogen-bond acceptors (Lipinski definition) is 3. The zero-order chi connectivity index (χ0) is 23.9. The summed E-state index contributed by atoms with van der Waals surface area (Å²) < 4.78 is 34.8. The van der Waals surface area contributed by atoms with Crippen molar-refractivity contribution in [2.75, 3.05) is 19.7 Å². The van der Waals surface area contributed by atoms with Crippen molar-refractivity contribution in [3.05, 3.63) is 89.0 Å². The van der Waals surface area contributed by atoms with Crippen LogP contribution in [0.4, 0.5) is 8.78 Å². The lowest BCUT2D eigenvalue weighted by molar-refractivity contribution is -0.126. The summed E-state index contributed by atoms with van der Waals surface area (Å²) in [5.74, 6) is -0.553. The number of hydrogen-bond donors (Lipinski definition) is 2. The van der Waals surface area contributed by atoms with E-state index in [0.717, 1.165) is 25.9 Å². The van der Waals surface area contributed by atoms with Crippen LogP contribution in [0.1, 0.15) is 30.9 Å². The number of nitrogens with one attached hydrogen (secondary N) is 2. The SMILES string of the molecule is O=C(N[C@@H](CCOc1ccccc1Cl)c1ccc(F)cc1-c1ccccc1F)C1CCNCC1. The van der Waals surface area contributed by atoms with Gasteiger partial charge in [-0.1, -0.05) is 48.0 Å². The van der Waals surface area contributed by atoms with Crippen LogP contribution in [0.2, 0.25) is 5.02 Å². The van der Waals surface area contributed by atoms with Gasteiger partial charge in [-0.25, -0.2) is 8.78 Å². The van der Waals surface area contributed by atoms with Gasteiger partial charge in [0.25, 0.3) is 0 Å². The first-order valence-electron chi connectivity index (χ1n) is 11.5. The molecule has 34 heavy (non-hydrogen) atoms. The molecular weight excluding hydrogens is 458 g/mol. The summed E-state index contributed by atoms with van der Waals surface area (Å²) >= 11 is 6.20. The number of halogens is 3. The van der Waals surface area contributed by atoms with Gasteiger partial charge >= 0.3 is 0 Å². The van der Waals surface area contributed by atoms with Gasteiger partial charge in [0, 0.05) is 17.9 Å². The van der Waals surface area contributed by atoms with Crippen LogP contribution in [-0.4, -0.2) is 25.6 Å². The van der Waals surface area contributed by atoms with E-state index in [9.17, 15) is 13.6 Å². The molecule has 1 aliphatic heterocycles. The molecule has 7 heteroatoms. The monoisotopic (exact) mass is 484 g/mol. The van der Waals surface area contributed by atoms with Gasteiger partial charge in [0.1, 0.15) is 17.4 Å². The molecule has 0 aromatic heterocycles. The first-order chi connectivity index (χ1) is 16.5. The van der Waals surface area contributed by atoms with Crippen LogP contribution in [0.25, 0.3) is 11.1 Å². The van der Waals surface area contributed by atoms with Gasteiger partial charge in [-0.2, -0.15) is 0 Å². The zero-order valence-electron chi connectivity index (χ0n) is 18.7. The highest BCUT2D eigenvalue weighted by molar-refractivity contribution is 6.32. The Morgan fingerprint density at radius 3 is 2.53 bits per heavy atom. The molecule has 1 fully saturated rings. The second-order valence-corrected chi connectivity index (χ2v) is 8.77. The van der Waals surface area contributed by atoms with Gasteiger partial charge in [-0.05, 0) is 67.4 Å². The molecule has 1 saturated heterocycles. The van der Waals surface area contributed by atoms with Crippen LogP contribution < -0.4 is 15.4 Å². The standard InChI is InChI=1S/C27H27ClF2N2O2/c28-23-6-2-4-8-26(23)34-16-13-25(32-27(33)18-11-14-31-15-12-18)21-10-9-19(29)17-22(21)20-5-1-3-7-24(20)30/h1-10,17-18,25,31H,11-16H2,(H,32,33)/t25-/m0/s1. The topological polar surface area (TPSA) is 50.4 Å². The zero-order valence-corrected chi connectivity index (χ0v) is 19.5. The molecule has 0 bridgehead atoms. The predicted octanol–water partition coefficient (Wildman–Crippen LogP) is 5.91. The third-order valence-corrected chi connectivity index (χ3v) is 6.39. The van der Waals surface area contributed by atoms with Crippen LogP contribution in [0.3, 0.4) is 0 Å². The molecule has 0 aliphatic carbocycles. The molecule has 0 unspecified atom stereocenters. The van der Waals surface area contributed by atoms with Crippen molar-refractivity contribution in [2.45, 2.75) is 25.3 Å². The van der Waals surface area contributed by atoms with Gasteiger partial charge < -0.3 is 15.4 Å². The Bertz CT molecular complexity index is 1140. The number of piperidine rings is 1. The molecule has 4 rings (SSSR count). The molecule has 0 radical (unpaired) electrons. The molecule has 1 atom stereocenters. The molecule has 0 saturated carbocycles. The lowest BCUT2D eigenvalue weighted by Gasteiger charge is -2.27. The Morgan fingerprint density at radius 1 is 1.03 bits per heavy atom. The van der Waals surface area contributed by atoms with Crippen molar-refractivity contribution in [1.82, 2.24) is 10.6 Å². The van der Waals surface area contributed by atoms with Crippen LogP contribution in [0, 0.1) is 17.6 Å². The van der Waals surface area contributed by atoms with E-state index in [0.29, 0.717) is 28.3 Å². The molecule has 1 heterocycles. The smallest absolute Gasteiger partial charge is 0.223 e. The van der Waals surface area contributed by atoms with Crippen molar-refractivity contribution in [1.29, 1.82) is 0 Å². The molecule has 0 spiro atoms. The summed E-state index contributed by atoms with van der Waals surface area (Å²) in [5.41, 5.74) is 1.33. The molecule has 3 aromatic carbocycles. The Labute approximate surface area is 203 Å². The van der Waals surface area contributed by atoms with Gasteiger partial charge in [-0.15, -0.1) is 0 Å². The number of benzene rings is 3. The first kappa shape index (κ1) is 24.2. The number of carbonyl (C=O) groups is 1. The van der Waals surface area contributed by atoms with Crippen molar-refractivity contribution >= 4 is 17.5 Å². The third kappa shape index (κ3) is 5.93. The predicted molar refractivity (Wildman–Crippen MR) is 130 cm³/mol. The average Bonchev–Trinajstić information content (AvgIpc) is 2.85. The van der Waals surface area contributed by atoms with Gasteiger partial charge in [0.05, 0.1) is 17.7 Å². The van der Waals surface area contributed by atoms with E-state index < -0.39 is 17.7 Å². The van der Waals surface area contributed by atoms with E-state index in [4.69, 9.17) is 16.3 Å². The molecule has 1 aliphatic rings. The first-order valence-corrected chi connectivity index (χ1v) is 11.8. The highest BCUT2D eigenvalue weighted by atomic mass is 35.5. The molecule has 4 nitrogen and oxygen atoms in total. The highest BCUT2D eigenvalue weighted by Crippen LogP contribution is 2.33. The maximum Gasteiger partial charge on any atom is 0.223 e. The van der Waals surface area contributed by atoms with Crippen molar-refractivity contribution in [3.8, 4) is 16.9 Å². The molecular formula is C27H27ClF2N2O2. The normalized spacial score (nSPS) is 15.0. The molecule has 178 valence electrons. The lowest BCUT2D eigenvalue weighted by atomic mass is 9.91. The number of carbonyl (C=O) groups excluding carboxylic acids is 1. The second-order valence-electron chi connectivity index (χ2n) is 8.36. The number of ether oxygens (including phenoxy) is 1. The second kappa shape index (κ2) is 11.4. The van der Waals surface area contributed by atoms with Crippen LogP contribution >= 0.6 is 11.6 Å². The average molecular weight is 485 g/mol. The minimum Gasteiger partial charge on any atom is -0.492 e. The van der Waals surface area contributed by atoms with Crippen LogP contribution in [0.5, 0.6) is 5.75 Å².